The summed E-state index contributed by atoms with van der Waals surface area (Å²) >= 11 is 0. The van der Waals surface area contributed by atoms with Crippen LogP contribution < -0.4 is 5.73 Å². The number of aliphatic hydroxyl groups excluding tert-OH is 1. The molecule has 0 saturated heterocycles. The minimum absolute atomic E-state index is 0.0972. The molecule has 4 heteroatoms. The van der Waals surface area contributed by atoms with Gasteiger partial charge in [-0.2, -0.15) is 0 Å². The average molecular weight is 211 g/mol. The highest BCUT2D eigenvalue weighted by atomic mass is 16.5. The smallest absolute Gasteiger partial charge is 0.309 e. The first kappa shape index (κ1) is 13.6. The lowest BCUT2D eigenvalue weighted by atomic mass is 10.2. The minimum atomic E-state index is -0.198. The molecule has 3 N–H and O–H groups in total. The van der Waals surface area contributed by atoms with Crippen molar-refractivity contribution >= 4 is 5.97 Å². The van der Waals surface area contributed by atoms with Crippen LogP contribution in [0.25, 0.3) is 0 Å². The summed E-state index contributed by atoms with van der Waals surface area (Å²) in [5, 5.41) is 7.75. The second-order valence-corrected chi connectivity index (χ2v) is 2.75. The SMILES string of the molecule is COC(=O)Cc1ccccc1.NCCO. The highest BCUT2D eigenvalue weighted by molar-refractivity contribution is 5.72. The molecule has 1 rings (SSSR count). The number of esters is 1. The van der Waals surface area contributed by atoms with Gasteiger partial charge in [0.05, 0.1) is 20.1 Å². The quantitative estimate of drug-likeness (QED) is 0.707. The van der Waals surface area contributed by atoms with E-state index in [1.807, 2.05) is 30.3 Å². The number of hydrogen-bond acceptors (Lipinski definition) is 4. The van der Waals surface area contributed by atoms with Gasteiger partial charge in [-0.25, -0.2) is 0 Å². The van der Waals surface area contributed by atoms with Gasteiger partial charge in [0, 0.05) is 6.54 Å². The Hall–Kier alpha value is -1.39. The van der Waals surface area contributed by atoms with Crippen molar-refractivity contribution in [2.45, 2.75) is 6.42 Å². The molecule has 0 saturated carbocycles. The Bertz CT molecular complexity index is 260. The predicted octanol–water partition coefficient (Wildman–Crippen LogP) is 0.339. The van der Waals surface area contributed by atoms with Gasteiger partial charge in [-0.05, 0) is 5.56 Å². The molecule has 0 unspecified atom stereocenters. The second-order valence-electron chi connectivity index (χ2n) is 2.75. The number of methoxy groups -OCH3 is 1. The van der Waals surface area contributed by atoms with E-state index in [1.165, 1.54) is 7.11 Å². The topological polar surface area (TPSA) is 72.5 Å². The van der Waals surface area contributed by atoms with Crippen LogP contribution in [0.5, 0.6) is 0 Å². The summed E-state index contributed by atoms with van der Waals surface area (Å²) in [7, 11) is 1.39. The van der Waals surface area contributed by atoms with E-state index < -0.39 is 0 Å². The molecule has 0 aromatic heterocycles. The van der Waals surface area contributed by atoms with Crippen molar-refractivity contribution in [2.24, 2.45) is 5.73 Å². The molecular weight excluding hydrogens is 194 g/mol. The average Bonchev–Trinajstić information content (AvgIpc) is 2.30. The van der Waals surface area contributed by atoms with E-state index in [1.54, 1.807) is 0 Å². The fraction of sp³-hybridized carbons (Fsp3) is 0.364. The number of hydrogen-bond donors (Lipinski definition) is 2. The zero-order valence-electron chi connectivity index (χ0n) is 8.85. The molecule has 15 heavy (non-hydrogen) atoms. The molecular formula is C11H17NO3. The van der Waals surface area contributed by atoms with E-state index in [-0.39, 0.29) is 12.6 Å². The van der Waals surface area contributed by atoms with Gasteiger partial charge in [0.2, 0.25) is 0 Å². The van der Waals surface area contributed by atoms with Crippen LogP contribution in [-0.2, 0) is 16.0 Å². The molecule has 0 spiro atoms. The number of carbonyl (C=O) groups is 1. The van der Waals surface area contributed by atoms with Crippen molar-refractivity contribution in [3.63, 3.8) is 0 Å². The molecule has 0 aliphatic carbocycles. The van der Waals surface area contributed by atoms with E-state index >= 15 is 0 Å². The first-order chi connectivity index (χ1) is 7.24. The fourth-order valence-corrected chi connectivity index (χ4v) is 0.835. The molecule has 0 atom stereocenters. The molecule has 0 fully saturated rings. The summed E-state index contributed by atoms with van der Waals surface area (Å²) in [6.45, 7) is 0.472. The molecule has 4 nitrogen and oxygen atoms in total. The van der Waals surface area contributed by atoms with Gasteiger partial charge < -0.3 is 15.6 Å². The summed E-state index contributed by atoms with van der Waals surface area (Å²) in [5.74, 6) is -0.198. The van der Waals surface area contributed by atoms with E-state index in [9.17, 15) is 4.79 Å². The van der Waals surface area contributed by atoms with E-state index in [0.29, 0.717) is 13.0 Å². The Balaban J connectivity index is 0.000000423. The van der Waals surface area contributed by atoms with E-state index in [0.717, 1.165) is 5.56 Å². The van der Waals surface area contributed by atoms with Crippen LogP contribution in [0.15, 0.2) is 30.3 Å². The van der Waals surface area contributed by atoms with Gasteiger partial charge in [0.25, 0.3) is 0 Å². The van der Waals surface area contributed by atoms with E-state index in [4.69, 9.17) is 10.8 Å². The van der Waals surface area contributed by atoms with Crippen LogP contribution in [0, 0.1) is 0 Å². The number of ether oxygens (including phenoxy) is 1. The number of carbonyl (C=O) groups excluding carboxylic acids is 1. The third kappa shape index (κ3) is 7.66. The number of rotatable bonds is 3. The summed E-state index contributed by atoms with van der Waals surface area (Å²) < 4.78 is 4.52. The van der Waals surface area contributed by atoms with Crippen molar-refractivity contribution in [3.05, 3.63) is 35.9 Å². The largest absolute Gasteiger partial charge is 0.469 e. The number of benzene rings is 1. The van der Waals surface area contributed by atoms with Crippen molar-refractivity contribution in [1.29, 1.82) is 0 Å². The third-order valence-corrected chi connectivity index (χ3v) is 1.55. The Morgan fingerprint density at radius 2 is 1.93 bits per heavy atom. The Morgan fingerprint density at radius 1 is 1.40 bits per heavy atom. The fourth-order valence-electron chi connectivity index (χ4n) is 0.835. The zero-order chi connectivity index (χ0) is 11.5. The molecule has 1 aromatic rings. The maximum absolute atomic E-state index is 10.8. The zero-order valence-corrected chi connectivity index (χ0v) is 8.85. The molecule has 1 aromatic carbocycles. The van der Waals surface area contributed by atoms with Crippen LogP contribution in [0.1, 0.15) is 5.56 Å². The van der Waals surface area contributed by atoms with Gasteiger partial charge >= 0.3 is 5.97 Å². The molecule has 0 radical (unpaired) electrons. The van der Waals surface area contributed by atoms with Crippen molar-refractivity contribution in [1.82, 2.24) is 0 Å². The van der Waals surface area contributed by atoms with Gasteiger partial charge in [-0.15, -0.1) is 0 Å². The number of aliphatic hydroxyl groups is 1. The molecule has 0 bridgehead atoms. The molecule has 0 aliphatic heterocycles. The van der Waals surface area contributed by atoms with Gasteiger partial charge in [0.1, 0.15) is 0 Å². The first-order valence-corrected chi connectivity index (χ1v) is 4.66. The van der Waals surface area contributed by atoms with Gasteiger partial charge in [-0.1, -0.05) is 30.3 Å². The summed E-state index contributed by atoms with van der Waals surface area (Å²) in [6, 6.07) is 9.52. The van der Waals surface area contributed by atoms with Crippen LogP contribution >= 0.6 is 0 Å². The van der Waals surface area contributed by atoms with Gasteiger partial charge in [-0.3, -0.25) is 4.79 Å². The molecule has 84 valence electrons. The van der Waals surface area contributed by atoms with Gasteiger partial charge in [0.15, 0.2) is 0 Å². The molecule has 0 aliphatic rings. The maximum atomic E-state index is 10.8. The molecule has 0 heterocycles. The van der Waals surface area contributed by atoms with Crippen LogP contribution in [0.2, 0.25) is 0 Å². The Kier molecular flexibility index (Phi) is 8.33. The van der Waals surface area contributed by atoms with Crippen LogP contribution in [-0.4, -0.2) is 31.3 Å². The Labute approximate surface area is 89.7 Å². The normalized spacial score (nSPS) is 8.73. The lowest BCUT2D eigenvalue weighted by Gasteiger charge is -1.97. The highest BCUT2D eigenvalue weighted by Crippen LogP contribution is 1.99. The van der Waals surface area contributed by atoms with Crippen LogP contribution in [0.4, 0.5) is 0 Å². The maximum Gasteiger partial charge on any atom is 0.309 e. The summed E-state index contributed by atoms with van der Waals surface area (Å²) in [6.07, 6.45) is 0.358. The lowest BCUT2D eigenvalue weighted by molar-refractivity contribution is -0.139. The second kappa shape index (κ2) is 9.18. The van der Waals surface area contributed by atoms with Crippen LogP contribution in [0.3, 0.4) is 0 Å². The minimum Gasteiger partial charge on any atom is -0.469 e. The monoisotopic (exact) mass is 211 g/mol. The van der Waals surface area contributed by atoms with E-state index in [2.05, 4.69) is 4.74 Å². The summed E-state index contributed by atoms with van der Waals surface area (Å²) in [5.41, 5.74) is 5.76. The Morgan fingerprint density at radius 3 is 2.33 bits per heavy atom. The standard InChI is InChI=1S/C9H10O2.C2H7NO/c1-11-9(10)7-8-5-3-2-4-6-8;3-1-2-4/h2-6H,7H2,1H3;4H,1-3H2. The third-order valence-electron chi connectivity index (χ3n) is 1.55. The van der Waals surface area contributed by atoms with Crippen molar-refractivity contribution in [2.75, 3.05) is 20.3 Å². The number of nitrogens with two attached hydrogens (primary N) is 1. The van der Waals surface area contributed by atoms with Crippen molar-refractivity contribution in [3.8, 4) is 0 Å². The molecule has 0 amide bonds. The predicted molar refractivity (Wildman–Crippen MR) is 58.3 cm³/mol. The first-order valence-electron chi connectivity index (χ1n) is 4.66. The van der Waals surface area contributed by atoms with Crippen molar-refractivity contribution < 1.29 is 14.6 Å². The highest BCUT2D eigenvalue weighted by Gasteiger charge is 1.99. The summed E-state index contributed by atoms with van der Waals surface area (Å²) in [4.78, 5) is 10.8. The lowest BCUT2D eigenvalue weighted by Crippen LogP contribution is -2.03.